The third-order valence-electron chi connectivity index (χ3n) is 3.02. The highest BCUT2D eigenvalue weighted by molar-refractivity contribution is 5.90. The summed E-state index contributed by atoms with van der Waals surface area (Å²) in [5, 5.41) is 0. The molecular weight excluding hydrogens is 248 g/mol. The highest BCUT2D eigenvalue weighted by Crippen LogP contribution is 2.23. The lowest BCUT2D eigenvalue weighted by atomic mass is 10.0. The molecule has 1 fully saturated rings. The van der Waals surface area contributed by atoms with Crippen LogP contribution >= 0.6 is 0 Å². The van der Waals surface area contributed by atoms with E-state index in [1.54, 1.807) is 4.90 Å². The number of ether oxygens (including phenoxy) is 2. The molecule has 0 aromatic heterocycles. The predicted molar refractivity (Wildman–Crippen MR) is 69.2 cm³/mol. The summed E-state index contributed by atoms with van der Waals surface area (Å²) >= 11 is 0. The first-order valence-corrected chi connectivity index (χ1v) is 6.45. The molecular formula is C13H20N2O4. The van der Waals surface area contributed by atoms with Gasteiger partial charge in [-0.15, -0.1) is 0 Å². The van der Waals surface area contributed by atoms with Gasteiger partial charge in [-0.25, -0.2) is 9.79 Å². The summed E-state index contributed by atoms with van der Waals surface area (Å²) in [5.41, 5.74) is -0.483. The molecule has 0 aliphatic carbocycles. The molecule has 1 saturated heterocycles. The fourth-order valence-corrected chi connectivity index (χ4v) is 1.93. The Balaban J connectivity index is 1.82. The van der Waals surface area contributed by atoms with Crippen LogP contribution in [-0.2, 0) is 14.3 Å². The molecule has 1 atom stereocenters. The molecule has 0 aromatic carbocycles. The number of Topliss-reactive ketones (excluding diaryl/α,β-unsaturated/α-hetero) is 1. The van der Waals surface area contributed by atoms with E-state index in [0.29, 0.717) is 25.6 Å². The zero-order valence-corrected chi connectivity index (χ0v) is 11.8. The summed E-state index contributed by atoms with van der Waals surface area (Å²) in [6.45, 7) is 8.43. The molecule has 19 heavy (non-hydrogen) atoms. The highest BCUT2D eigenvalue weighted by Gasteiger charge is 2.40. The maximum absolute atomic E-state index is 11.7. The minimum atomic E-state index is -0.483. The molecule has 6 nitrogen and oxygen atoms in total. The van der Waals surface area contributed by atoms with Crippen LogP contribution in [0.2, 0.25) is 0 Å². The van der Waals surface area contributed by atoms with Crippen LogP contribution in [0.3, 0.4) is 0 Å². The summed E-state index contributed by atoms with van der Waals surface area (Å²) < 4.78 is 10.7. The first-order chi connectivity index (χ1) is 8.76. The van der Waals surface area contributed by atoms with Gasteiger partial charge in [0.2, 0.25) is 0 Å². The Hall–Kier alpha value is -1.59. The van der Waals surface area contributed by atoms with Gasteiger partial charge in [0.1, 0.15) is 18.2 Å². The molecule has 106 valence electrons. The molecule has 2 aliphatic heterocycles. The van der Waals surface area contributed by atoms with Gasteiger partial charge in [0.05, 0.1) is 5.92 Å². The Morgan fingerprint density at radius 2 is 2.00 bits per heavy atom. The van der Waals surface area contributed by atoms with Gasteiger partial charge in [0, 0.05) is 13.1 Å². The highest BCUT2D eigenvalue weighted by atomic mass is 16.6. The molecule has 1 amide bonds. The minimum Gasteiger partial charge on any atom is -0.478 e. The van der Waals surface area contributed by atoms with Crippen LogP contribution in [0.1, 0.15) is 27.7 Å². The number of likely N-dealkylation sites (tertiary alicyclic amines) is 1. The van der Waals surface area contributed by atoms with Crippen LogP contribution in [-0.4, -0.2) is 54.0 Å². The Labute approximate surface area is 112 Å². The maximum Gasteiger partial charge on any atom is 0.410 e. The Morgan fingerprint density at radius 3 is 2.47 bits per heavy atom. The third-order valence-corrected chi connectivity index (χ3v) is 3.02. The van der Waals surface area contributed by atoms with Crippen molar-refractivity contribution in [2.24, 2.45) is 10.9 Å². The number of amides is 1. The van der Waals surface area contributed by atoms with Gasteiger partial charge >= 0.3 is 6.09 Å². The van der Waals surface area contributed by atoms with Crippen molar-refractivity contribution in [3.05, 3.63) is 0 Å². The van der Waals surface area contributed by atoms with E-state index in [-0.39, 0.29) is 23.8 Å². The van der Waals surface area contributed by atoms with E-state index >= 15 is 0 Å². The number of hydrogen-bond donors (Lipinski definition) is 0. The lowest BCUT2D eigenvalue weighted by molar-refractivity contribution is -0.118. The van der Waals surface area contributed by atoms with E-state index in [2.05, 4.69) is 4.99 Å². The predicted octanol–water partition coefficient (Wildman–Crippen LogP) is 1.24. The molecule has 0 N–H and O–H groups in total. The van der Waals surface area contributed by atoms with Crippen molar-refractivity contribution in [2.75, 3.05) is 19.7 Å². The smallest absolute Gasteiger partial charge is 0.410 e. The molecule has 0 saturated carbocycles. The number of nitrogens with zero attached hydrogens (tertiary/aromatic N) is 2. The molecule has 0 spiro atoms. The number of ketones is 1. The van der Waals surface area contributed by atoms with Crippen LogP contribution in [0.5, 0.6) is 0 Å². The van der Waals surface area contributed by atoms with Crippen LogP contribution in [0.25, 0.3) is 0 Å². The fourth-order valence-electron chi connectivity index (χ4n) is 1.93. The molecule has 0 bridgehead atoms. The van der Waals surface area contributed by atoms with E-state index in [1.807, 2.05) is 20.8 Å². The molecule has 1 unspecified atom stereocenters. The maximum atomic E-state index is 11.7. The van der Waals surface area contributed by atoms with E-state index in [0.717, 1.165) is 0 Å². The van der Waals surface area contributed by atoms with Crippen molar-refractivity contribution in [2.45, 2.75) is 39.3 Å². The van der Waals surface area contributed by atoms with Crippen molar-refractivity contribution in [1.82, 2.24) is 4.90 Å². The summed E-state index contributed by atoms with van der Waals surface area (Å²) in [6.07, 6.45) is -0.314. The summed E-state index contributed by atoms with van der Waals surface area (Å²) in [6, 6.07) is -0.370. The number of carbonyl (C=O) groups is 2. The third kappa shape index (κ3) is 3.24. The molecule has 2 rings (SSSR count). The normalized spacial score (nSPS) is 23.5. The zero-order chi connectivity index (χ0) is 14.2. The summed E-state index contributed by atoms with van der Waals surface area (Å²) in [7, 11) is 0. The van der Waals surface area contributed by atoms with Crippen LogP contribution in [0, 0.1) is 5.92 Å². The number of carbonyl (C=O) groups excluding carboxylic acids is 2. The number of rotatable bonds is 2. The summed E-state index contributed by atoms with van der Waals surface area (Å²) in [5.74, 6) is 0.704. The largest absolute Gasteiger partial charge is 0.478 e. The molecule has 0 aromatic rings. The average Bonchev–Trinajstić information content (AvgIpc) is 2.61. The van der Waals surface area contributed by atoms with Gasteiger partial charge in [-0.3, -0.25) is 4.79 Å². The summed E-state index contributed by atoms with van der Waals surface area (Å²) in [4.78, 5) is 28.8. The monoisotopic (exact) mass is 268 g/mol. The van der Waals surface area contributed by atoms with Crippen molar-refractivity contribution in [1.29, 1.82) is 0 Å². The fraction of sp³-hybridized carbons (Fsp3) is 0.769. The van der Waals surface area contributed by atoms with Gasteiger partial charge in [0.15, 0.2) is 11.7 Å². The second kappa shape index (κ2) is 4.83. The molecule has 0 radical (unpaired) electrons. The van der Waals surface area contributed by atoms with E-state index in [9.17, 15) is 9.59 Å². The van der Waals surface area contributed by atoms with Gasteiger partial charge in [-0.2, -0.15) is 0 Å². The number of hydrogen-bond acceptors (Lipinski definition) is 5. The second-order valence-electron chi connectivity index (χ2n) is 5.99. The Bertz CT molecular complexity index is 419. The van der Waals surface area contributed by atoms with Gasteiger partial charge in [-0.05, 0) is 27.7 Å². The molecule has 2 heterocycles. The Kier molecular flexibility index (Phi) is 3.52. The van der Waals surface area contributed by atoms with E-state index < -0.39 is 5.60 Å². The lowest BCUT2D eigenvalue weighted by Crippen LogP contribution is -2.54. The van der Waals surface area contributed by atoms with Gasteiger partial charge < -0.3 is 14.4 Å². The van der Waals surface area contributed by atoms with E-state index in [4.69, 9.17) is 9.47 Å². The quantitative estimate of drug-likeness (QED) is 0.755. The van der Waals surface area contributed by atoms with Crippen LogP contribution < -0.4 is 0 Å². The topological polar surface area (TPSA) is 68.2 Å². The lowest BCUT2D eigenvalue weighted by Gasteiger charge is -2.39. The van der Waals surface area contributed by atoms with Crippen molar-refractivity contribution in [3.63, 3.8) is 0 Å². The molecule has 6 heteroatoms. The minimum absolute atomic E-state index is 0.0123. The van der Waals surface area contributed by atoms with Gasteiger partial charge in [-0.1, -0.05) is 0 Å². The van der Waals surface area contributed by atoms with Gasteiger partial charge in [0.25, 0.3) is 0 Å². The first kappa shape index (κ1) is 13.8. The van der Waals surface area contributed by atoms with Crippen LogP contribution in [0.4, 0.5) is 4.79 Å². The Morgan fingerprint density at radius 1 is 1.37 bits per heavy atom. The van der Waals surface area contributed by atoms with Crippen molar-refractivity contribution in [3.8, 4) is 0 Å². The van der Waals surface area contributed by atoms with Crippen LogP contribution in [0.15, 0.2) is 4.99 Å². The zero-order valence-electron chi connectivity index (χ0n) is 11.8. The SMILES string of the molecule is CC(=O)C1COC(C2CN(C(=O)OC(C)(C)C)C2)=N1. The average molecular weight is 268 g/mol. The first-order valence-electron chi connectivity index (χ1n) is 6.45. The standard InChI is InChI=1S/C13H20N2O4/c1-8(16)10-7-18-11(14-10)9-5-15(6-9)12(17)19-13(2,3)4/h9-10H,5-7H2,1-4H3. The molecule has 2 aliphatic rings. The number of aliphatic imine (C=N–C) groups is 1. The van der Waals surface area contributed by atoms with Crippen molar-refractivity contribution >= 4 is 17.8 Å². The van der Waals surface area contributed by atoms with E-state index in [1.165, 1.54) is 6.92 Å². The van der Waals surface area contributed by atoms with Crippen molar-refractivity contribution < 1.29 is 19.1 Å². The second-order valence-corrected chi connectivity index (χ2v) is 5.99.